The molecule has 0 spiro atoms. The van der Waals surface area contributed by atoms with E-state index in [4.69, 9.17) is 11.6 Å². The highest BCUT2D eigenvalue weighted by atomic mass is 35.5. The van der Waals surface area contributed by atoms with Crippen LogP contribution in [0.2, 0.25) is 0 Å². The van der Waals surface area contributed by atoms with Gasteiger partial charge in [0, 0.05) is 7.11 Å². The molecular formula is C8H8ClF7O. The minimum atomic E-state index is -5.72. The summed E-state index contributed by atoms with van der Waals surface area (Å²) in [5.74, 6) is -15.6. The summed E-state index contributed by atoms with van der Waals surface area (Å²) in [6.07, 6.45) is -3.53. The Hall–Kier alpha value is -0.500. The summed E-state index contributed by atoms with van der Waals surface area (Å²) in [7, 11) is 0.625. The molecule has 0 aliphatic carbocycles. The third kappa shape index (κ3) is 2.52. The Morgan fingerprint density at radius 3 is 1.76 bits per heavy atom. The number of hydrogen-bond acceptors (Lipinski definition) is 1. The predicted octanol–water partition coefficient (Wildman–Crippen LogP) is 3.98. The first-order valence-corrected chi connectivity index (χ1v) is 4.59. The Morgan fingerprint density at radius 2 is 1.53 bits per heavy atom. The van der Waals surface area contributed by atoms with Crippen LogP contribution in [0.15, 0.2) is 11.9 Å². The van der Waals surface area contributed by atoms with Crippen molar-refractivity contribution in [2.45, 2.75) is 24.4 Å². The molecule has 1 nitrogen and oxygen atoms in total. The van der Waals surface area contributed by atoms with Gasteiger partial charge in [-0.25, -0.2) is 0 Å². The molecule has 9 heteroatoms. The van der Waals surface area contributed by atoms with Gasteiger partial charge >= 0.3 is 17.9 Å². The fourth-order valence-electron chi connectivity index (χ4n) is 0.855. The SMILES string of the molecule is COC(C)(CCl)C(F)(F)C(F)(F)C(F)=C(F)F. The van der Waals surface area contributed by atoms with Crippen molar-refractivity contribution in [1.82, 2.24) is 0 Å². The summed E-state index contributed by atoms with van der Waals surface area (Å²) < 4.78 is 92.2. The molecule has 102 valence electrons. The number of ether oxygens (including phenoxy) is 1. The quantitative estimate of drug-likeness (QED) is 0.549. The summed E-state index contributed by atoms with van der Waals surface area (Å²) in [4.78, 5) is 0. The second kappa shape index (κ2) is 5.01. The molecule has 0 N–H and O–H groups in total. The van der Waals surface area contributed by atoms with Crippen molar-refractivity contribution >= 4 is 11.6 Å². The summed E-state index contributed by atoms with van der Waals surface area (Å²) in [5.41, 5.74) is -3.00. The lowest BCUT2D eigenvalue weighted by atomic mass is 9.93. The van der Waals surface area contributed by atoms with Crippen LogP contribution in [0.5, 0.6) is 0 Å². The molecule has 0 bridgehead atoms. The number of allylic oxidation sites excluding steroid dienone is 1. The molecule has 0 aliphatic heterocycles. The summed E-state index contributed by atoms with van der Waals surface area (Å²) in [5, 5.41) is 0. The van der Waals surface area contributed by atoms with Crippen LogP contribution in [0.1, 0.15) is 6.92 Å². The van der Waals surface area contributed by atoms with Gasteiger partial charge in [0.1, 0.15) is 5.60 Å². The average Bonchev–Trinajstić information content (AvgIpc) is 2.25. The Morgan fingerprint density at radius 1 is 1.12 bits per heavy atom. The molecular weight excluding hydrogens is 281 g/mol. The van der Waals surface area contributed by atoms with Gasteiger partial charge < -0.3 is 4.74 Å². The summed E-state index contributed by atoms with van der Waals surface area (Å²) in [6.45, 7) is 0.456. The van der Waals surface area contributed by atoms with Gasteiger partial charge in [-0.05, 0) is 6.92 Å². The van der Waals surface area contributed by atoms with E-state index in [0.29, 0.717) is 14.0 Å². The van der Waals surface area contributed by atoms with E-state index in [2.05, 4.69) is 4.74 Å². The third-order valence-electron chi connectivity index (χ3n) is 2.21. The van der Waals surface area contributed by atoms with Crippen LogP contribution < -0.4 is 0 Å². The number of halogens is 8. The van der Waals surface area contributed by atoms with Crippen molar-refractivity contribution in [3.8, 4) is 0 Å². The lowest BCUT2D eigenvalue weighted by Gasteiger charge is -2.37. The van der Waals surface area contributed by atoms with Crippen LogP contribution in [0.25, 0.3) is 0 Å². The van der Waals surface area contributed by atoms with E-state index in [1.807, 2.05) is 0 Å². The molecule has 0 saturated heterocycles. The predicted molar refractivity (Wildman–Crippen MR) is 46.4 cm³/mol. The molecule has 0 fully saturated rings. The van der Waals surface area contributed by atoms with E-state index >= 15 is 0 Å². The van der Waals surface area contributed by atoms with Crippen molar-refractivity contribution in [1.29, 1.82) is 0 Å². The molecule has 0 aromatic carbocycles. The minimum Gasteiger partial charge on any atom is -0.371 e. The maximum atomic E-state index is 13.3. The Labute approximate surface area is 97.2 Å². The number of methoxy groups -OCH3 is 1. The highest BCUT2D eigenvalue weighted by Gasteiger charge is 2.70. The molecule has 1 unspecified atom stereocenters. The smallest absolute Gasteiger partial charge is 0.369 e. The number of rotatable bonds is 5. The fraction of sp³-hybridized carbons (Fsp3) is 0.750. The second-order valence-corrected chi connectivity index (χ2v) is 3.56. The molecule has 17 heavy (non-hydrogen) atoms. The zero-order valence-corrected chi connectivity index (χ0v) is 9.39. The summed E-state index contributed by atoms with van der Waals surface area (Å²) >= 11 is 5.02. The molecule has 0 saturated carbocycles. The van der Waals surface area contributed by atoms with Crippen molar-refractivity contribution in [2.24, 2.45) is 0 Å². The van der Waals surface area contributed by atoms with Crippen molar-refractivity contribution in [3.63, 3.8) is 0 Å². The zero-order chi connectivity index (χ0) is 14.1. The van der Waals surface area contributed by atoms with Gasteiger partial charge in [0.2, 0.25) is 5.83 Å². The van der Waals surface area contributed by atoms with Crippen molar-refractivity contribution < 1.29 is 35.5 Å². The fourth-order valence-corrected chi connectivity index (χ4v) is 1.13. The zero-order valence-electron chi connectivity index (χ0n) is 8.64. The van der Waals surface area contributed by atoms with Gasteiger partial charge in [0.05, 0.1) is 5.88 Å². The topological polar surface area (TPSA) is 9.23 Å². The molecule has 0 rings (SSSR count). The van der Waals surface area contributed by atoms with Crippen LogP contribution in [0, 0.1) is 0 Å². The number of hydrogen-bond donors (Lipinski definition) is 0. The average molecular weight is 289 g/mol. The van der Waals surface area contributed by atoms with Crippen LogP contribution in [0.3, 0.4) is 0 Å². The Kier molecular flexibility index (Phi) is 4.86. The summed E-state index contributed by atoms with van der Waals surface area (Å²) in [6, 6.07) is 0. The standard InChI is InChI=1S/C8H8ClF7O/c1-6(3-9,17-2)8(15,16)7(13,14)4(10)5(11)12/h3H2,1-2H3. The van der Waals surface area contributed by atoms with E-state index in [1.165, 1.54) is 0 Å². The van der Waals surface area contributed by atoms with E-state index < -0.39 is 35.2 Å². The van der Waals surface area contributed by atoms with Gasteiger partial charge in [-0.2, -0.15) is 30.7 Å². The van der Waals surface area contributed by atoms with Gasteiger partial charge in [-0.3, -0.25) is 0 Å². The lowest BCUT2D eigenvalue weighted by molar-refractivity contribution is -0.278. The van der Waals surface area contributed by atoms with Crippen LogP contribution in [-0.4, -0.2) is 30.4 Å². The maximum absolute atomic E-state index is 13.3. The molecule has 0 amide bonds. The van der Waals surface area contributed by atoms with Crippen LogP contribution >= 0.6 is 11.6 Å². The monoisotopic (exact) mass is 288 g/mol. The van der Waals surface area contributed by atoms with Crippen molar-refractivity contribution in [2.75, 3.05) is 13.0 Å². The molecule has 0 radical (unpaired) electrons. The molecule has 0 heterocycles. The highest BCUT2D eigenvalue weighted by molar-refractivity contribution is 6.18. The second-order valence-electron chi connectivity index (χ2n) is 3.29. The Balaban J connectivity index is 5.68. The minimum absolute atomic E-state index is 0.456. The van der Waals surface area contributed by atoms with Crippen LogP contribution in [0.4, 0.5) is 30.7 Å². The van der Waals surface area contributed by atoms with Gasteiger partial charge in [-0.1, -0.05) is 0 Å². The van der Waals surface area contributed by atoms with Gasteiger partial charge in [0.25, 0.3) is 0 Å². The Bertz CT molecular complexity index is 307. The molecule has 1 atom stereocenters. The molecule has 0 aromatic heterocycles. The van der Waals surface area contributed by atoms with Gasteiger partial charge in [-0.15, -0.1) is 11.6 Å². The van der Waals surface area contributed by atoms with E-state index in [1.54, 1.807) is 0 Å². The molecule has 0 aliphatic rings. The van der Waals surface area contributed by atoms with Crippen molar-refractivity contribution in [3.05, 3.63) is 11.9 Å². The lowest BCUT2D eigenvalue weighted by Crippen LogP contribution is -2.59. The largest absolute Gasteiger partial charge is 0.371 e. The van der Waals surface area contributed by atoms with Crippen LogP contribution in [-0.2, 0) is 4.74 Å². The number of alkyl halides is 5. The highest BCUT2D eigenvalue weighted by Crippen LogP contribution is 2.49. The first-order valence-electron chi connectivity index (χ1n) is 4.06. The van der Waals surface area contributed by atoms with E-state index in [0.717, 1.165) is 0 Å². The first-order chi connectivity index (χ1) is 7.48. The molecule has 0 aromatic rings. The third-order valence-corrected chi connectivity index (χ3v) is 2.72. The van der Waals surface area contributed by atoms with E-state index in [9.17, 15) is 30.7 Å². The maximum Gasteiger partial charge on any atom is 0.369 e. The first kappa shape index (κ1) is 16.5. The van der Waals surface area contributed by atoms with Gasteiger partial charge in [0.15, 0.2) is 0 Å². The van der Waals surface area contributed by atoms with E-state index in [-0.39, 0.29) is 0 Å². The normalized spacial score (nSPS) is 16.6.